The second kappa shape index (κ2) is 8.83. The zero-order chi connectivity index (χ0) is 19.1. The highest BCUT2D eigenvalue weighted by Gasteiger charge is 2.29. The number of hydrogen-bond acceptors (Lipinski definition) is 1. The second-order valence-corrected chi connectivity index (χ2v) is 7.04. The van der Waals surface area contributed by atoms with Crippen molar-refractivity contribution >= 4 is 11.8 Å². The monoisotopic (exact) mass is 382 g/mol. The highest BCUT2D eigenvalue weighted by molar-refractivity contribution is 7.99. The van der Waals surface area contributed by atoms with E-state index in [0.717, 1.165) is 28.2 Å². The first-order valence-corrected chi connectivity index (χ1v) is 9.27. The molecule has 0 fully saturated rings. The molecule has 27 heavy (non-hydrogen) atoms. The highest BCUT2D eigenvalue weighted by atomic mass is 32.2. The molecule has 0 bridgehead atoms. The Morgan fingerprint density at radius 3 is 2.04 bits per heavy atom. The first-order chi connectivity index (χ1) is 13.0. The van der Waals surface area contributed by atoms with Gasteiger partial charge in [0.1, 0.15) is 0 Å². The molecule has 0 unspecified atom stereocenters. The molecule has 0 heterocycles. The van der Waals surface area contributed by atoms with Crippen LogP contribution < -0.4 is 0 Å². The van der Waals surface area contributed by atoms with Crippen molar-refractivity contribution in [2.45, 2.75) is 28.8 Å². The molecule has 0 nitrogen and oxygen atoms in total. The average molecular weight is 382 g/mol. The minimum Gasteiger partial charge on any atom is -0.166 e. The van der Waals surface area contributed by atoms with Gasteiger partial charge in [-0.1, -0.05) is 72.1 Å². The minimum atomic E-state index is -4.30. The molecular weight excluding hydrogens is 365 g/mol. The van der Waals surface area contributed by atoms with Crippen LogP contribution in [0, 0.1) is 11.8 Å². The Balaban J connectivity index is 1.63. The number of benzene rings is 3. The van der Waals surface area contributed by atoms with Crippen LogP contribution in [0.5, 0.6) is 0 Å². The average Bonchev–Trinajstić information content (AvgIpc) is 2.67. The number of rotatable bonds is 4. The molecule has 0 saturated carbocycles. The van der Waals surface area contributed by atoms with Gasteiger partial charge >= 0.3 is 6.18 Å². The maximum Gasteiger partial charge on any atom is 0.416 e. The third kappa shape index (κ3) is 5.67. The summed E-state index contributed by atoms with van der Waals surface area (Å²) in [6, 6.07) is 23.4. The van der Waals surface area contributed by atoms with Crippen molar-refractivity contribution < 1.29 is 13.2 Å². The quantitative estimate of drug-likeness (QED) is 0.456. The lowest BCUT2D eigenvalue weighted by Gasteiger charge is -2.06. The summed E-state index contributed by atoms with van der Waals surface area (Å²) in [5, 5.41) is 0. The molecule has 3 aromatic carbocycles. The standard InChI is InChI=1S/C23H17F3S/c24-23(25,26)20-16-14-18(15-17-20)8-4-5-9-19-10-6-7-13-22(19)27-21-11-2-1-3-12-21/h1-3,6-7,10-17H,8-9H2. The number of halogens is 3. The molecule has 3 aromatic rings. The molecule has 0 N–H and O–H groups in total. The Morgan fingerprint density at radius 2 is 1.33 bits per heavy atom. The van der Waals surface area contributed by atoms with Crippen molar-refractivity contribution in [3.05, 3.63) is 95.6 Å². The maximum absolute atomic E-state index is 12.6. The smallest absolute Gasteiger partial charge is 0.166 e. The molecule has 0 saturated heterocycles. The van der Waals surface area contributed by atoms with Crippen LogP contribution in [-0.4, -0.2) is 0 Å². The normalized spacial score (nSPS) is 10.9. The van der Waals surface area contributed by atoms with E-state index in [0.29, 0.717) is 12.8 Å². The lowest BCUT2D eigenvalue weighted by Crippen LogP contribution is -2.04. The Labute approximate surface area is 161 Å². The Kier molecular flexibility index (Phi) is 6.26. The van der Waals surface area contributed by atoms with E-state index in [-0.39, 0.29) is 0 Å². The van der Waals surface area contributed by atoms with E-state index in [1.54, 1.807) is 11.8 Å². The summed E-state index contributed by atoms with van der Waals surface area (Å²) >= 11 is 1.70. The van der Waals surface area contributed by atoms with Crippen LogP contribution in [0.4, 0.5) is 13.2 Å². The largest absolute Gasteiger partial charge is 0.416 e. The number of hydrogen-bond donors (Lipinski definition) is 0. The molecule has 0 amide bonds. The van der Waals surface area contributed by atoms with Gasteiger partial charge in [0.15, 0.2) is 0 Å². The molecule has 0 spiro atoms. The summed E-state index contributed by atoms with van der Waals surface area (Å²) in [7, 11) is 0. The van der Waals surface area contributed by atoms with E-state index in [2.05, 4.69) is 36.1 Å². The summed E-state index contributed by atoms with van der Waals surface area (Å²) in [6.07, 6.45) is -3.26. The molecule has 0 aromatic heterocycles. The van der Waals surface area contributed by atoms with Gasteiger partial charge in [0.05, 0.1) is 5.56 Å². The highest BCUT2D eigenvalue weighted by Crippen LogP contribution is 2.30. The van der Waals surface area contributed by atoms with Gasteiger partial charge in [-0.25, -0.2) is 0 Å². The zero-order valence-corrected chi connectivity index (χ0v) is 15.3. The molecule has 0 atom stereocenters. The summed E-state index contributed by atoms with van der Waals surface area (Å²) < 4.78 is 37.7. The molecule has 136 valence electrons. The first kappa shape index (κ1) is 19.1. The molecule has 4 heteroatoms. The second-order valence-electron chi connectivity index (χ2n) is 5.92. The fourth-order valence-corrected chi connectivity index (χ4v) is 3.46. The molecule has 3 rings (SSSR count). The number of alkyl halides is 3. The zero-order valence-electron chi connectivity index (χ0n) is 14.5. The predicted molar refractivity (Wildman–Crippen MR) is 104 cm³/mol. The molecule has 0 aliphatic rings. The van der Waals surface area contributed by atoms with Crippen molar-refractivity contribution in [1.82, 2.24) is 0 Å². The van der Waals surface area contributed by atoms with Crippen LogP contribution in [0.2, 0.25) is 0 Å². The Bertz CT molecular complexity index is 933. The third-order valence-corrected chi connectivity index (χ3v) is 5.05. The van der Waals surface area contributed by atoms with Gasteiger partial charge in [0.25, 0.3) is 0 Å². The first-order valence-electron chi connectivity index (χ1n) is 8.45. The van der Waals surface area contributed by atoms with Gasteiger partial charge < -0.3 is 0 Å². The van der Waals surface area contributed by atoms with Crippen molar-refractivity contribution in [3.63, 3.8) is 0 Å². The molecular formula is C23H17F3S. The van der Waals surface area contributed by atoms with Crippen molar-refractivity contribution in [3.8, 4) is 11.8 Å². The van der Waals surface area contributed by atoms with Crippen LogP contribution >= 0.6 is 11.8 Å². The van der Waals surface area contributed by atoms with Gasteiger partial charge in [0, 0.05) is 22.6 Å². The lowest BCUT2D eigenvalue weighted by molar-refractivity contribution is -0.137. The summed E-state index contributed by atoms with van der Waals surface area (Å²) in [4.78, 5) is 2.33. The SMILES string of the molecule is FC(F)(F)c1ccc(CC#CCc2ccccc2Sc2ccccc2)cc1. The van der Waals surface area contributed by atoms with Gasteiger partial charge in [-0.2, -0.15) is 13.2 Å². The van der Waals surface area contributed by atoms with Gasteiger partial charge in [-0.3, -0.25) is 0 Å². The van der Waals surface area contributed by atoms with Gasteiger partial charge in [0.2, 0.25) is 0 Å². The Morgan fingerprint density at radius 1 is 0.704 bits per heavy atom. The van der Waals surface area contributed by atoms with Crippen molar-refractivity contribution in [1.29, 1.82) is 0 Å². The summed E-state index contributed by atoms with van der Waals surface area (Å²) in [6.45, 7) is 0. The fourth-order valence-electron chi connectivity index (χ4n) is 2.50. The van der Waals surface area contributed by atoms with Crippen LogP contribution in [0.3, 0.4) is 0 Å². The predicted octanol–water partition coefficient (Wildman–Crippen LogP) is 6.65. The van der Waals surface area contributed by atoms with E-state index < -0.39 is 11.7 Å². The molecule has 0 aliphatic heterocycles. The van der Waals surface area contributed by atoms with E-state index in [4.69, 9.17) is 0 Å². The molecule has 0 aliphatic carbocycles. The minimum absolute atomic E-state index is 0.437. The topological polar surface area (TPSA) is 0 Å². The van der Waals surface area contributed by atoms with E-state index in [1.807, 2.05) is 30.3 Å². The molecule has 0 radical (unpaired) electrons. The summed E-state index contributed by atoms with van der Waals surface area (Å²) in [5.74, 6) is 6.19. The van der Waals surface area contributed by atoms with Crippen LogP contribution in [0.15, 0.2) is 88.7 Å². The fraction of sp³-hybridized carbons (Fsp3) is 0.130. The van der Waals surface area contributed by atoms with E-state index in [9.17, 15) is 13.2 Å². The van der Waals surface area contributed by atoms with E-state index >= 15 is 0 Å². The lowest BCUT2D eigenvalue weighted by atomic mass is 10.1. The van der Waals surface area contributed by atoms with Crippen LogP contribution in [-0.2, 0) is 19.0 Å². The maximum atomic E-state index is 12.6. The van der Waals surface area contributed by atoms with Gasteiger partial charge in [-0.15, -0.1) is 0 Å². The van der Waals surface area contributed by atoms with Crippen molar-refractivity contribution in [2.24, 2.45) is 0 Å². The Hall–Kier alpha value is -2.64. The van der Waals surface area contributed by atoms with Crippen molar-refractivity contribution in [2.75, 3.05) is 0 Å². The van der Waals surface area contributed by atoms with Crippen LogP contribution in [0.25, 0.3) is 0 Å². The van der Waals surface area contributed by atoms with Gasteiger partial charge in [-0.05, 0) is 41.5 Å². The van der Waals surface area contributed by atoms with E-state index in [1.165, 1.54) is 17.0 Å². The summed E-state index contributed by atoms with van der Waals surface area (Å²) in [5.41, 5.74) is 1.29. The van der Waals surface area contributed by atoms with Crippen LogP contribution in [0.1, 0.15) is 16.7 Å². The third-order valence-electron chi connectivity index (χ3n) is 3.92.